The van der Waals surface area contributed by atoms with Crippen molar-refractivity contribution in [3.05, 3.63) is 101 Å². The SMILES string of the molecule is Cc1noc(-c2ccc(-c3ccc(C4(C(=O)O)CC4)cc3)cc2)c1CC(=O)OCc1cccc(C[18F])c1. The fraction of sp³-hybridized carbons (Fsp3) is 0.233. The highest BCUT2D eigenvalue weighted by Crippen LogP contribution is 2.48. The summed E-state index contributed by atoms with van der Waals surface area (Å²) in [5, 5.41) is 13.6. The first-order chi connectivity index (χ1) is 17.9. The Morgan fingerprint density at radius 1 is 0.973 bits per heavy atom. The second-order valence-electron chi connectivity index (χ2n) is 9.41. The van der Waals surface area contributed by atoms with Crippen LogP contribution in [0.4, 0.5) is 4.39 Å². The Morgan fingerprint density at radius 3 is 2.22 bits per heavy atom. The van der Waals surface area contributed by atoms with Gasteiger partial charge in [0.15, 0.2) is 5.76 Å². The van der Waals surface area contributed by atoms with Gasteiger partial charge in [-0.2, -0.15) is 0 Å². The van der Waals surface area contributed by atoms with E-state index in [0.717, 1.165) is 27.8 Å². The molecule has 0 unspecified atom stereocenters. The van der Waals surface area contributed by atoms with E-state index in [1.165, 1.54) is 0 Å². The fourth-order valence-corrected chi connectivity index (χ4v) is 4.53. The molecule has 1 fully saturated rings. The summed E-state index contributed by atoms with van der Waals surface area (Å²) in [6.45, 7) is 1.27. The lowest BCUT2D eigenvalue weighted by Crippen LogP contribution is -2.19. The van der Waals surface area contributed by atoms with Crippen molar-refractivity contribution in [2.75, 3.05) is 0 Å². The summed E-state index contributed by atoms with van der Waals surface area (Å²) in [5.74, 6) is -0.685. The number of benzene rings is 3. The number of carbonyl (C=O) groups excluding carboxylic acids is 1. The molecule has 1 saturated carbocycles. The zero-order valence-corrected chi connectivity index (χ0v) is 20.4. The molecule has 6 nitrogen and oxygen atoms in total. The first-order valence-electron chi connectivity index (χ1n) is 12.1. The molecule has 0 bridgehead atoms. The maximum atomic E-state index is 12.9. The van der Waals surface area contributed by atoms with Gasteiger partial charge in [0, 0.05) is 11.1 Å². The van der Waals surface area contributed by atoms with Crippen LogP contribution in [0, 0.1) is 6.92 Å². The first kappa shape index (κ1) is 24.4. The summed E-state index contributed by atoms with van der Waals surface area (Å²) < 4.78 is 23.8. The van der Waals surface area contributed by atoms with Crippen LogP contribution in [0.2, 0.25) is 0 Å². The van der Waals surface area contributed by atoms with Crippen LogP contribution in [0.5, 0.6) is 0 Å². The number of aromatic nitrogens is 1. The van der Waals surface area contributed by atoms with E-state index in [2.05, 4.69) is 5.16 Å². The third-order valence-corrected chi connectivity index (χ3v) is 6.93. The lowest BCUT2D eigenvalue weighted by Gasteiger charge is -2.11. The lowest BCUT2D eigenvalue weighted by atomic mass is 9.93. The van der Waals surface area contributed by atoms with Gasteiger partial charge in [-0.3, -0.25) is 9.59 Å². The van der Waals surface area contributed by atoms with Gasteiger partial charge in [0.1, 0.15) is 13.3 Å². The smallest absolute Gasteiger partial charge is 0.314 e. The van der Waals surface area contributed by atoms with Crippen molar-refractivity contribution >= 4 is 11.9 Å². The highest BCUT2D eigenvalue weighted by molar-refractivity contribution is 5.85. The van der Waals surface area contributed by atoms with Crippen LogP contribution in [-0.2, 0) is 39.4 Å². The number of nitrogens with zero attached hydrogens (tertiary/aromatic N) is 1. The van der Waals surface area contributed by atoms with E-state index in [1.54, 1.807) is 31.2 Å². The number of alkyl halides is 1. The minimum Gasteiger partial charge on any atom is -0.481 e. The topological polar surface area (TPSA) is 89.6 Å². The van der Waals surface area contributed by atoms with Gasteiger partial charge < -0.3 is 14.4 Å². The minimum atomic E-state index is -0.766. The van der Waals surface area contributed by atoms with E-state index in [0.29, 0.717) is 35.4 Å². The van der Waals surface area contributed by atoms with E-state index in [-0.39, 0.29) is 13.0 Å². The van der Waals surface area contributed by atoms with Crippen molar-refractivity contribution in [1.29, 1.82) is 0 Å². The normalized spacial score (nSPS) is 13.8. The van der Waals surface area contributed by atoms with Crippen LogP contribution in [-0.4, -0.2) is 22.2 Å². The van der Waals surface area contributed by atoms with Crippen LogP contribution >= 0.6 is 0 Å². The Kier molecular flexibility index (Phi) is 6.61. The number of hydrogen-bond acceptors (Lipinski definition) is 5. The average Bonchev–Trinajstić information content (AvgIpc) is 3.67. The summed E-state index contributed by atoms with van der Waals surface area (Å²) in [5.41, 5.74) is 5.38. The molecule has 1 aromatic heterocycles. The van der Waals surface area contributed by atoms with Gasteiger partial charge in [-0.1, -0.05) is 71.9 Å². The third-order valence-electron chi connectivity index (χ3n) is 6.93. The lowest BCUT2D eigenvalue weighted by molar-refractivity contribution is -0.144. The maximum absolute atomic E-state index is 12.9. The number of carbonyl (C=O) groups is 2. The Labute approximate surface area is 213 Å². The predicted octanol–water partition coefficient (Wildman–Crippen LogP) is 6.19. The third kappa shape index (κ3) is 5.03. The zero-order chi connectivity index (χ0) is 26.0. The highest BCUT2D eigenvalue weighted by Gasteiger charge is 2.51. The number of halogens is 1. The first-order valence-corrected chi connectivity index (χ1v) is 12.1. The van der Waals surface area contributed by atoms with E-state index in [9.17, 15) is 19.1 Å². The molecule has 37 heavy (non-hydrogen) atoms. The molecular weight excluding hydrogens is 472 g/mol. The van der Waals surface area contributed by atoms with Crippen LogP contribution in [0.1, 0.15) is 40.8 Å². The standard InChI is InChI=1S/C30H26FNO5/c1-19-26(16-27(33)36-18-21-4-2-3-20(15-21)17-31)28(37-32-19)24-7-5-22(6-8-24)23-9-11-25(12-10-23)30(13-14-30)29(34)35/h2-12,15H,13-14,16-18H2,1H3,(H,34,35)/i31-1. The Hall–Kier alpha value is -4.26. The molecule has 0 aliphatic heterocycles. The molecule has 3 aromatic carbocycles. The summed E-state index contributed by atoms with van der Waals surface area (Å²) in [4.78, 5) is 24.1. The largest absolute Gasteiger partial charge is 0.481 e. The van der Waals surface area contributed by atoms with Crippen LogP contribution in [0.15, 0.2) is 77.3 Å². The number of hydrogen-bond donors (Lipinski definition) is 1. The van der Waals surface area contributed by atoms with E-state index in [1.807, 2.05) is 48.5 Å². The highest BCUT2D eigenvalue weighted by atomic mass is 18.2. The average molecular weight is 499 g/mol. The molecular formula is C30H26FNO5. The number of aryl methyl sites for hydroxylation is 1. The van der Waals surface area contributed by atoms with Crippen molar-refractivity contribution in [3.8, 4) is 22.5 Å². The van der Waals surface area contributed by atoms with Gasteiger partial charge in [0.25, 0.3) is 0 Å². The minimum absolute atomic E-state index is 0.00199. The van der Waals surface area contributed by atoms with E-state index in [4.69, 9.17) is 9.26 Å². The van der Waals surface area contributed by atoms with Crippen LogP contribution in [0.3, 0.4) is 0 Å². The summed E-state index contributed by atoms with van der Waals surface area (Å²) in [7, 11) is 0. The van der Waals surface area contributed by atoms with Gasteiger partial charge >= 0.3 is 11.9 Å². The number of ether oxygens (including phenoxy) is 1. The maximum Gasteiger partial charge on any atom is 0.314 e. The molecule has 0 saturated heterocycles. The molecule has 0 amide bonds. The summed E-state index contributed by atoms with van der Waals surface area (Å²) in [6.07, 6.45) is 1.35. The Morgan fingerprint density at radius 2 is 1.59 bits per heavy atom. The summed E-state index contributed by atoms with van der Waals surface area (Å²) >= 11 is 0. The van der Waals surface area contributed by atoms with Crippen molar-refractivity contribution in [1.82, 2.24) is 5.16 Å². The van der Waals surface area contributed by atoms with Gasteiger partial charge in [0.05, 0.1) is 17.5 Å². The Balaban J connectivity index is 1.27. The van der Waals surface area contributed by atoms with Gasteiger partial charge in [-0.05, 0) is 53.6 Å². The number of esters is 1. The van der Waals surface area contributed by atoms with Gasteiger partial charge in [-0.15, -0.1) is 0 Å². The second-order valence-corrected chi connectivity index (χ2v) is 9.41. The van der Waals surface area contributed by atoms with Crippen LogP contribution < -0.4 is 0 Å². The number of carboxylic acids is 1. The number of aliphatic carboxylic acids is 1. The van der Waals surface area contributed by atoms with Crippen LogP contribution in [0.25, 0.3) is 22.5 Å². The molecule has 0 radical (unpaired) electrons. The molecule has 1 aliphatic carbocycles. The van der Waals surface area contributed by atoms with Crippen molar-refractivity contribution in [3.63, 3.8) is 0 Å². The molecule has 0 spiro atoms. The molecule has 1 N–H and O–H groups in total. The second kappa shape index (κ2) is 10.0. The number of rotatable bonds is 9. The molecule has 188 valence electrons. The number of carboxylic acid groups (broad SMARTS) is 1. The molecule has 5 rings (SSSR count). The predicted molar refractivity (Wildman–Crippen MR) is 135 cm³/mol. The Bertz CT molecular complexity index is 1440. The fourth-order valence-electron chi connectivity index (χ4n) is 4.53. The van der Waals surface area contributed by atoms with Gasteiger partial charge in [-0.25, -0.2) is 4.39 Å². The van der Waals surface area contributed by atoms with Crippen molar-refractivity contribution in [2.45, 2.75) is 44.9 Å². The van der Waals surface area contributed by atoms with Crippen molar-refractivity contribution < 1.29 is 28.3 Å². The molecule has 1 aliphatic rings. The molecule has 4 aromatic rings. The summed E-state index contributed by atoms with van der Waals surface area (Å²) in [6, 6.07) is 22.2. The zero-order valence-electron chi connectivity index (χ0n) is 20.4. The molecule has 7 heteroatoms. The quantitative estimate of drug-likeness (QED) is 0.277. The van der Waals surface area contributed by atoms with Crippen molar-refractivity contribution in [2.24, 2.45) is 0 Å². The van der Waals surface area contributed by atoms with E-state index >= 15 is 0 Å². The molecule has 1 heterocycles. The monoisotopic (exact) mass is 498 g/mol. The van der Waals surface area contributed by atoms with Gasteiger partial charge in [0.2, 0.25) is 0 Å². The van der Waals surface area contributed by atoms with E-state index < -0.39 is 24.0 Å². The molecule has 0 atom stereocenters.